The summed E-state index contributed by atoms with van der Waals surface area (Å²) in [5.41, 5.74) is 2.00. The Morgan fingerprint density at radius 3 is 3.00 bits per heavy atom. The molecule has 0 aromatic heterocycles. The largest absolute Gasteiger partial charge is 0.358 e. The first-order valence-electron chi connectivity index (χ1n) is 6.06. The summed E-state index contributed by atoms with van der Waals surface area (Å²) in [4.78, 5) is 11.7. The maximum absolute atomic E-state index is 11.7. The second-order valence-electron chi connectivity index (χ2n) is 4.11. The minimum absolute atomic E-state index is 0.135. The number of carbonyl (C=O) groups excluding carboxylic acids is 1. The molecule has 1 aromatic carbocycles. The van der Waals surface area contributed by atoms with Gasteiger partial charge in [0, 0.05) is 12.3 Å². The van der Waals surface area contributed by atoms with E-state index in [4.69, 9.17) is 4.74 Å². The van der Waals surface area contributed by atoms with Crippen LogP contribution in [-0.4, -0.2) is 18.9 Å². The second kappa shape index (κ2) is 5.68. The molecule has 1 atom stereocenters. The van der Waals surface area contributed by atoms with Crippen LogP contribution in [0.1, 0.15) is 25.3 Å². The lowest BCUT2D eigenvalue weighted by Crippen LogP contribution is -2.37. The number of hydrogen-bond donors (Lipinski definition) is 2. The van der Waals surface area contributed by atoms with Crippen LogP contribution in [0.5, 0.6) is 0 Å². The number of rotatable bonds is 3. The molecule has 4 nitrogen and oxygen atoms in total. The summed E-state index contributed by atoms with van der Waals surface area (Å²) in [7, 11) is 0. The Labute approximate surface area is 101 Å². The van der Waals surface area contributed by atoms with Crippen molar-refractivity contribution < 1.29 is 9.53 Å². The molecular formula is C13H18N2O2. The number of ether oxygens (including phenoxy) is 1. The number of hydrogen-bond acceptors (Lipinski definition) is 2. The van der Waals surface area contributed by atoms with Crippen LogP contribution in [0.4, 0.5) is 10.5 Å². The Morgan fingerprint density at radius 2 is 2.29 bits per heavy atom. The fraction of sp³-hybridized carbons (Fsp3) is 0.462. The molecule has 1 aliphatic heterocycles. The predicted octanol–water partition coefficient (Wildman–Crippen LogP) is 2.51. The van der Waals surface area contributed by atoms with E-state index in [-0.39, 0.29) is 12.3 Å². The molecule has 1 fully saturated rings. The van der Waals surface area contributed by atoms with Crippen molar-refractivity contribution in [3.63, 3.8) is 0 Å². The summed E-state index contributed by atoms with van der Waals surface area (Å²) < 4.78 is 5.35. The van der Waals surface area contributed by atoms with E-state index in [1.165, 1.54) is 0 Å². The highest BCUT2D eigenvalue weighted by atomic mass is 16.5. The Bertz CT molecular complexity index is 387. The highest BCUT2D eigenvalue weighted by Crippen LogP contribution is 2.15. The number of para-hydroxylation sites is 1. The summed E-state index contributed by atoms with van der Waals surface area (Å²) in [6, 6.07) is 7.62. The van der Waals surface area contributed by atoms with Crippen molar-refractivity contribution in [3.05, 3.63) is 29.8 Å². The second-order valence-corrected chi connectivity index (χ2v) is 4.11. The van der Waals surface area contributed by atoms with E-state index in [1.54, 1.807) is 0 Å². The molecule has 2 N–H and O–H groups in total. The highest BCUT2D eigenvalue weighted by molar-refractivity contribution is 5.90. The zero-order valence-electron chi connectivity index (χ0n) is 10.0. The third-order valence-electron chi connectivity index (χ3n) is 2.87. The topological polar surface area (TPSA) is 50.4 Å². The molecule has 0 bridgehead atoms. The molecule has 0 saturated carbocycles. The number of nitrogens with one attached hydrogen (secondary N) is 2. The first-order valence-corrected chi connectivity index (χ1v) is 6.06. The van der Waals surface area contributed by atoms with Crippen LogP contribution in [0.3, 0.4) is 0 Å². The molecular weight excluding hydrogens is 216 g/mol. The SMILES string of the molecule is CCc1ccccc1NC(=O)NC1CCCO1. The van der Waals surface area contributed by atoms with Gasteiger partial charge in [0.05, 0.1) is 0 Å². The van der Waals surface area contributed by atoms with Crippen LogP contribution < -0.4 is 10.6 Å². The molecule has 0 radical (unpaired) electrons. The van der Waals surface area contributed by atoms with Crippen molar-refractivity contribution in [2.75, 3.05) is 11.9 Å². The zero-order valence-corrected chi connectivity index (χ0v) is 10.0. The van der Waals surface area contributed by atoms with Crippen LogP contribution >= 0.6 is 0 Å². The van der Waals surface area contributed by atoms with Gasteiger partial charge in [-0.3, -0.25) is 0 Å². The van der Waals surface area contributed by atoms with Gasteiger partial charge < -0.3 is 15.4 Å². The first kappa shape index (κ1) is 11.9. The van der Waals surface area contributed by atoms with Gasteiger partial charge in [-0.25, -0.2) is 4.79 Å². The third-order valence-corrected chi connectivity index (χ3v) is 2.87. The minimum Gasteiger partial charge on any atom is -0.358 e. The zero-order chi connectivity index (χ0) is 12.1. The van der Waals surface area contributed by atoms with E-state index in [2.05, 4.69) is 17.6 Å². The predicted molar refractivity (Wildman–Crippen MR) is 66.9 cm³/mol. The van der Waals surface area contributed by atoms with Crippen LogP contribution in [0.25, 0.3) is 0 Å². The lowest BCUT2D eigenvalue weighted by molar-refractivity contribution is 0.0928. The third kappa shape index (κ3) is 3.20. The molecule has 1 aliphatic rings. The maximum Gasteiger partial charge on any atom is 0.321 e. The van der Waals surface area contributed by atoms with E-state index >= 15 is 0 Å². The standard InChI is InChI=1S/C13H18N2O2/c1-2-10-6-3-4-7-11(10)14-13(16)15-12-8-5-9-17-12/h3-4,6-7,12H,2,5,8-9H2,1H3,(H2,14,15,16). The van der Waals surface area contributed by atoms with Crippen molar-refractivity contribution in [2.24, 2.45) is 0 Å². The average Bonchev–Trinajstić information content (AvgIpc) is 2.82. The average molecular weight is 234 g/mol. The Morgan fingerprint density at radius 1 is 1.47 bits per heavy atom. The number of amides is 2. The van der Waals surface area contributed by atoms with Gasteiger partial charge in [0.2, 0.25) is 0 Å². The van der Waals surface area contributed by atoms with Crippen LogP contribution in [0.15, 0.2) is 24.3 Å². The number of urea groups is 1. The lowest BCUT2D eigenvalue weighted by Gasteiger charge is -2.14. The van der Waals surface area contributed by atoms with Crippen LogP contribution in [0.2, 0.25) is 0 Å². The first-order chi connectivity index (χ1) is 8.29. The van der Waals surface area contributed by atoms with Crippen molar-refractivity contribution >= 4 is 11.7 Å². The van der Waals surface area contributed by atoms with E-state index in [0.29, 0.717) is 0 Å². The normalized spacial score (nSPS) is 19.0. The van der Waals surface area contributed by atoms with E-state index in [9.17, 15) is 4.79 Å². The summed E-state index contributed by atoms with van der Waals surface area (Å²) in [5.74, 6) is 0. The fourth-order valence-corrected chi connectivity index (χ4v) is 1.95. The van der Waals surface area contributed by atoms with Gasteiger partial charge in [-0.2, -0.15) is 0 Å². The molecule has 2 amide bonds. The summed E-state index contributed by atoms with van der Waals surface area (Å²) in [6.07, 6.45) is 2.67. The van der Waals surface area contributed by atoms with E-state index < -0.39 is 0 Å². The van der Waals surface area contributed by atoms with E-state index in [1.807, 2.05) is 24.3 Å². The van der Waals surface area contributed by atoms with Crippen molar-refractivity contribution in [1.82, 2.24) is 5.32 Å². The van der Waals surface area contributed by atoms with E-state index in [0.717, 1.165) is 37.1 Å². The number of anilines is 1. The van der Waals surface area contributed by atoms with Gasteiger partial charge in [0.25, 0.3) is 0 Å². The van der Waals surface area contributed by atoms with Gasteiger partial charge in [-0.1, -0.05) is 25.1 Å². The molecule has 92 valence electrons. The van der Waals surface area contributed by atoms with Gasteiger partial charge in [0.1, 0.15) is 6.23 Å². The minimum atomic E-state index is -0.196. The Balaban J connectivity index is 1.92. The molecule has 1 unspecified atom stereocenters. The van der Waals surface area contributed by atoms with Crippen LogP contribution in [0, 0.1) is 0 Å². The molecule has 0 aliphatic carbocycles. The molecule has 17 heavy (non-hydrogen) atoms. The summed E-state index contributed by atoms with van der Waals surface area (Å²) in [6.45, 7) is 2.80. The number of carbonyl (C=O) groups is 1. The molecule has 4 heteroatoms. The van der Waals surface area contributed by atoms with Gasteiger partial charge in [-0.15, -0.1) is 0 Å². The quantitative estimate of drug-likeness (QED) is 0.844. The van der Waals surface area contributed by atoms with Crippen molar-refractivity contribution in [3.8, 4) is 0 Å². The van der Waals surface area contributed by atoms with Crippen molar-refractivity contribution in [2.45, 2.75) is 32.4 Å². The van der Waals surface area contributed by atoms with Gasteiger partial charge in [-0.05, 0) is 30.9 Å². The molecule has 0 spiro atoms. The van der Waals surface area contributed by atoms with Gasteiger partial charge in [0.15, 0.2) is 0 Å². The lowest BCUT2D eigenvalue weighted by atomic mass is 10.1. The smallest absolute Gasteiger partial charge is 0.321 e. The summed E-state index contributed by atoms with van der Waals surface area (Å²) >= 11 is 0. The molecule has 2 rings (SSSR count). The molecule has 1 saturated heterocycles. The highest BCUT2D eigenvalue weighted by Gasteiger charge is 2.17. The van der Waals surface area contributed by atoms with Gasteiger partial charge >= 0.3 is 6.03 Å². The Kier molecular flexibility index (Phi) is 3.98. The van der Waals surface area contributed by atoms with Crippen molar-refractivity contribution in [1.29, 1.82) is 0 Å². The number of aryl methyl sites for hydroxylation is 1. The Hall–Kier alpha value is -1.55. The maximum atomic E-state index is 11.7. The number of benzene rings is 1. The molecule has 1 heterocycles. The summed E-state index contributed by atoms with van der Waals surface area (Å²) in [5, 5.41) is 5.66. The molecule has 1 aromatic rings. The fourth-order valence-electron chi connectivity index (χ4n) is 1.95. The van der Waals surface area contributed by atoms with Crippen LogP contribution in [-0.2, 0) is 11.2 Å². The monoisotopic (exact) mass is 234 g/mol.